The van der Waals surface area contributed by atoms with Crippen molar-refractivity contribution in [3.05, 3.63) is 69.8 Å². The summed E-state index contributed by atoms with van der Waals surface area (Å²) in [7, 11) is 4.14. The molecule has 4 rings (SSSR count). The Labute approximate surface area is 182 Å². The number of halogens is 2. The monoisotopic (exact) mass is 502 g/mol. The molecule has 1 saturated carbocycles. The maximum absolute atomic E-state index is 14.0. The van der Waals surface area contributed by atoms with Gasteiger partial charge in [0, 0.05) is 0 Å². The van der Waals surface area contributed by atoms with Crippen molar-refractivity contribution in [1.29, 1.82) is 5.26 Å². The summed E-state index contributed by atoms with van der Waals surface area (Å²) in [4.78, 5) is 2.18. The summed E-state index contributed by atoms with van der Waals surface area (Å²) in [6, 6.07) is 13.7. The Hall–Kier alpha value is -1.91. The minimum atomic E-state index is -0.260. The van der Waals surface area contributed by atoms with Crippen LogP contribution >= 0.6 is 0 Å². The summed E-state index contributed by atoms with van der Waals surface area (Å²) in [5.41, 5.74) is 3.41. The molecule has 2 aromatic rings. The van der Waals surface area contributed by atoms with Gasteiger partial charge in [-0.2, -0.15) is 0 Å². The van der Waals surface area contributed by atoms with Crippen LogP contribution < -0.4 is 31.9 Å². The average Bonchev–Trinajstić information content (AvgIpc) is 3.52. The van der Waals surface area contributed by atoms with Crippen LogP contribution in [0.4, 0.5) is 4.39 Å². The predicted octanol–water partition coefficient (Wildman–Crippen LogP) is -0.369. The number of hydrogen-bond acceptors (Lipinski definition) is 3. The molecule has 2 aliphatic carbocycles. The quantitative estimate of drug-likeness (QED) is 0.170. The zero-order valence-corrected chi connectivity index (χ0v) is 19.1. The maximum atomic E-state index is 14.0. The van der Waals surface area contributed by atoms with Crippen molar-refractivity contribution in [2.45, 2.75) is 35.6 Å². The Kier molecular flexibility index (Phi) is 6.21. The summed E-state index contributed by atoms with van der Waals surface area (Å²) in [6.07, 6.45) is 8.79. The molecule has 0 spiro atoms. The number of nitrogens with zero attached hydrogens (tertiary/aromatic N) is 3. The molecule has 2 aromatic carbocycles. The summed E-state index contributed by atoms with van der Waals surface area (Å²) >= 11 is -0.260. The van der Waals surface area contributed by atoms with Crippen LogP contribution in [0.3, 0.4) is 0 Å². The van der Waals surface area contributed by atoms with Crippen LogP contribution in [-0.4, -0.2) is 38.6 Å². The normalized spacial score (nSPS) is 16.4. The predicted molar refractivity (Wildman–Crippen MR) is 110 cm³/mol. The number of hydrogen-bond donors (Lipinski definition) is 0. The Bertz CT molecular complexity index is 1050. The Morgan fingerprint density at radius 1 is 1.21 bits per heavy atom. The molecule has 1 atom stereocenters. The molecule has 152 valence electrons. The van der Waals surface area contributed by atoms with E-state index in [0.29, 0.717) is 0 Å². The van der Waals surface area contributed by atoms with E-state index in [-0.39, 0.29) is 33.3 Å². The fraction of sp³-hybridized carbons (Fsp3) is 0.375. The molecule has 0 aromatic heterocycles. The van der Waals surface area contributed by atoms with Gasteiger partial charge in [-0.3, -0.25) is 0 Å². The van der Waals surface area contributed by atoms with E-state index in [9.17, 15) is 9.65 Å². The molecule has 29 heavy (non-hydrogen) atoms. The molecular formula is C24H26FIN3-. The molecule has 1 fully saturated rings. The SMILES string of the molecule is CN(C)C[C@@H](CC1=c2ccccc2=Cc2ccc(F)cc2C1)N(C#N)[I-]C1CC1. The van der Waals surface area contributed by atoms with Crippen LogP contribution in [0.1, 0.15) is 30.4 Å². The standard InChI is InChI=1S/C24H26FIN3/c1-28(2)15-23(29(16-27)26-22-9-10-22)14-20-12-19-13-21(25)8-7-17(19)11-18-5-3-4-6-24(18)20/h3-8,11,13,22-23H,9-10,12,14-15H2,1-2H3/q-1/t23-/m1/s1. The Morgan fingerprint density at radius 2 is 2.00 bits per heavy atom. The van der Waals surface area contributed by atoms with E-state index in [1.807, 2.05) is 6.07 Å². The molecule has 5 heteroatoms. The summed E-state index contributed by atoms with van der Waals surface area (Å²) in [5, 5.41) is 12.3. The third kappa shape index (κ3) is 4.99. The van der Waals surface area contributed by atoms with Crippen LogP contribution in [0.15, 0.2) is 42.5 Å². The molecule has 0 aliphatic heterocycles. The van der Waals surface area contributed by atoms with E-state index in [4.69, 9.17) is 0 Å². The van der Waals surface area contributed by atoms with E-state index in [1.165, 1.54) is 34.9 Å². The summed E-state index contributed by atoms with van der Waals surface area (Å²) in [5.74, 6) is -0.189. The summed E-state index contributed by atoms with van der Waals surface area (Å²) in [6.45, 7) is 0.853. The Morgan fingerprint density at radius 3 is 2.72 bits per heavy atom. The zero-order valence-electron chi connectivity index (χ0n) is 16.9. The van der Waals surface area contributed by atoms with E-state index in [0.717, 1.165) is 34.4 Å². The van der Waals surface area contributed by atoms with Gasteiger partial charge in [0.15, 0.2) is 0 Å². The number of alkyl halides is 1. The van der Waals surface area contributed by atoms with Crippen LogP contribution in [0, 0.1) is 17.3 Å². The molecule has 2 aliphatic rings. The fourth-order valence-electron chi connectivity index (χ4n) is 3.90. The van der Waals surface area contributed by atoms with E-state index in [1.54, 1.807) is 6.07 Å². The van der Waals surface area contributed by atoms with Crippen LogP contribution in [0.5, 0.6) is 0 Å². The first-order valence-corrected chi connectivity index (χ1v) is 12.3. The molecule has 0 bridgehead atoms. The van der Waals surface area contributed by atoms with Gasteiger partial charge in [0.1, 0.15) is 0 Å². The van der Waals surface area contributed by atoms with E-state index < -0.39 is 0 Å². The fourth-order valence-corrected chi connectivity index (χ4v) is 6.62. The van der Waals surface area contributed by atoms with Crippen LogP contribution in [-0.2, 0) is 6.42 Å². The average molecular weight is 502 g/mol. The topological polar surface area (TPSA) is 30.3 Å². The van der Waals surface area contributed by atoms with E-state index in [2.05, 4.69) is 58.6 Å². The van der Waals surface area contributed by atoms with Crippen molar-refractivity contribution >= 4 is 11.6 Å². The third-order valence-corrected chi connectivity index (χ3v) is 9.02. The Balaban J connectivity index is 1.74. The second-order valence-corrected chi connectivity index (χ2v) is 11.5. The second-order valence-electron chi connectivity index (χ2n) is 8.16. The van der Waals surface area contributed by atoms with Gasteiger partial charge >= 0.3 is 183 Å². The number of benzene rings is 2. The van der Waals surface area contributed by atoms with Gasteiger partial charge in [-0.1, -0.05) is 0 Å². The van der Waals surface area contributed by atoms with Crippen LogP contribution in [0.2, 0.25) is 0 Å². The van der Waals surface area contributed by atoms with Gasteiger partial charge in [-0.25, -0.2) is 0 Å². The first-order valence-electron chi connectivity index (χ1n) is 10.1. The molecule has 0 amide bonds. The zero-order chi connectivity index (χ0) is 20.4. The van der Waals surface area contributed by atoms with Gasteiger partial charge in [0.05, 0.1) is 0 Å². The molecule has 0 heterocycles. The molecular weight excluding hydrogens is 476 g/mol. The van der Waals surface area contributed by atoms with Crippen molar-refractivity contribution in [3.8, 4) is 6.19 Å². The number of rotatable bonds is 7. The van der Waals surface area contributed by atoms with Crippen molar-refractivity contribution in [2.75, 3.05) is 20.6 Å². The first-order chi connectivity index (χ1) is 14.0. The van der Waals surface area contributed by atoms with Crippen molar-refractivity contribution in [3.63, 3.8) is 0 Å². The van der Waals surface area contributed by atoms with Gasteiger partial charge in [-0.05, 0) is 0 Å². The van der Waals surface area contributed by atoms with Gasteiger partial charge < -0.3 is 0 Å². The van der Waals surface area contributed by atoms with Gasteiger partial charge in [0.2, 0.25) is 0 Å². The van der Waals surface area contributed by atoms with Crippen molar-refractivity contribution in [1.82, 2.24) is 8.01 Å². The number of nitriles is 1. The molecule has 0 N–H and O–H groups in total. The molecule has 0 saturated heterocycles. The van der Waals surface area contributed by atoms with Crippen molar-refractivity contribution in [2.24, 2.45) is 0 Å². The summed E-state index contributed by atoms with van der Waals surface area (Å²) < 4.78 is 16.8. The van der Waals surface area contributed by atoms with Gasteiger partial charge in [-0.15, -0.1) is 0 Å². The number of likely N-dealkylation sites (N-methyl/N-ethyl adjacent to an activating group) is 1. The molecule has 3 nitrogen and oxygen atoms in total. The second kappa shape index (κ2) is 8.85. The van der Waals surface area contributed by atoms with Gasteiger partial charge in [0.25, 0.3) is 0 Å². The van der Waals surface area contributed by atoms with Crippen molar-refractivity contribution < 1.29 is 25.9 Å². The third-order valence-electron chi connectivity index (χ3n) is 5.39. The van der Waals surface area contributed by atoms with E-state index >= 15 is 0 Å². The molecule has 0 unspecified atom stereocenters. The first kappa shape index (κ1) is 20.4. The molecule has 0 radical (unpaired) electrons. The number of fused-ring (bicyclic) bond motifs is 2. The minimum absolute atomic E-state index is 0.168. The van der Waals surface area contributed by atoms with Crippen LogP contribution in [0.25, 0.3) is 11.6 Å².